The summed E-state index contributed by atoms with van der Waals surface area (Å²) in [5.74, 6) is -1.24. The van der Waals surface area contributed by atoms with E-state index in [-0.39, 0.29) is 36.7 Å². The summed E-state index contributed by atoms with van der Waals surface area (Å²) in [5, 5.41) is 15.6. The Labute approximate surface area is 246 Å². The third-order valence-corrected chi connectivity index (χ3v) is 9.05. The zero-order valence-electron chi connectivity index (χ0n) is 23.6. The first-order chi connectivity index (χ1) is 20.4. The summed E-state index contributed by atoms with van der Waals surface area (Å²) in [5.41, 5.74) is 5.15. The number of carbonyl (C=O) groups excluding carboxylic acids is 2. The van der Waals surface area contributed by atoms with E-state index in [1.807, 2.05) is 42.5 Å². The molecule has 0 bridgehead atoms. The summed E-state index contributed by atoms with van der Waals surface area (Å²) in [6.45, 7) is 2.85. The molecule has 1 aliphatic heterocycles. The van der Waals surface area contributed by atoms with E-state index in [0.717, 1.165) is 30.8 Å². The van der Waals surface area contributed by atoms with Crippen molar-refractivity contribution in [3.8, 4) is 11.1 Å². The van der Waals surface area contributed by atoms with Crippen LogP contribution in [0, 0.1) is 11.8 Å². The van der Waals surface area contributed by atoms with E-state index in [0.29, 0.717) is 25.8 Å². The van der Waals surface area contributed by atoms with Crippen LogP contribution in [0.1, 0.15) is 48.3 Å². The smallest absolute Gasteiger partial charge is 0.407 e. The largest absolute Gasteiger partial charge is 0.481 e. The van der Waals surface area contributed by atoms with Crippen LogP contribution in [-0.4, -0.2) is 59.8 Å². The molecule has 42 heavy (non-hydrogen) atoms. The van der Waals surface area contributed by atoms with Crippen molar-refractivity contribution in [1.29, 1.82) is 0 Å². The third-order valence-electron chi connectivity index (χ3n) is 9.05. The molecule has 1 heterocycles. The minimum Gasteiger partial charge on any atom is -0.481 e. The highest BCUT2D eigenvalue weighted by atomic mass is 16.5. The first-order valence-corrected chi connectivity index (χ1v) is 14.8. The molecule has 2 atom stereocenters. The molecule has 3 aromatic rings. The van der Waals surface area contributed by atoms with Gasteiger partial charge in [-0.05, 0) is 53.0 Å². The van der Waals surface area contributed by atoms with Gasteiger partial charge in [0.05, 0.1) is 12.0 Å². The van der Waals surface area contributed by atoms with E-state index in [9.17, 15) is 19.5 Å². The Hall–Kier alpha value is -4.17. The number of rotatable bonds is 10. The Morgan fingerprint density at radius 3 is 2.14 bits per heavy atom. The molecule has 8 nitrogen and oxygen atoms in total. The van der Waals surface area contributed by atoms with E-state index < -0.39 is 17.6 Å². The van der Waals surface area contributed by atoms with Gasteiger partial charge in [-0.2, -0.15) is 0 Å². The van der Waals surface area contributed by atoms with Crippen LogP contribution in [0.5, 0.6) is 0 Å². The number of hydrogen-bond acceptors (Lipinski definition) is 5. The highest BCUT2D eigenvalue weighted by Crippen LogP contribution is 2.44. The Bertz CT molecular complexity index is 1400. The molecule has 2 aliphatic carbocycles. The maximum atomic E-state index is 13.2. The Kier molecular flexibility index (Phi) is 7.98. The number of nitrogens with zero attached hydrogens (tertiary/aromatic N) is 1. The van der Waals surface area contributed by atoms with Gasteiger partial charge in [-0.25, -0.2) is 4.79 Å². The number of benzene rings is 3. The molecule has 3 aliphatic rings. The summed E-state index contributed by atoms with van der Waals surface area (Å²) in [6.07, 6.45) is 1.27. The number of alkyl carbamates (subject to hydrolysis) is 1. The van der Waals surface area contributed by atoms with Crippen LogP contribution in [0.2, 0.25) is 0 Å². The average molecular weight is 568 g/mol. The van der Waals surface area contributed by atoms with E-state index in [1.165, 1.54) is 16.7 Å². The molecule has 6 rings (SSSR count). The molecular weight excluding hydrogens is 530 g/mol. The van der Waals surface area contributed by atoms with E-state index in [4.69, 9.17) is 4.74 Å². The Balaban J connectivity index is 0.970. The van der Waals surface area contributed by atoms with Crippen molar-refractivity contribution in [2.75, 3.05) is 26.2 Å². The topological polar surface area (TPSA) is 108 Å². The molecule has 8 heteroatoms. The molecule has 2 amide bonds. The predicted molar refractivity (Wildman–Crippen MR) is 159 cm³/mol. The van der Waals surface area contributed by atoms with E-state index in [2.05, 4.69) is 51.9 Å². The van der Waals surface area contributed by atoms with Crippen LogP contribution in [0.3, 0.4) is 0 Å². The van der Waals surface area contributed by atoms with Crippen molar-refractivity contribution < 1.29 is 24.2 Å². The van der Waals surface area contributed by atoms with Gasteiger partial charge in [0.15, 0.2) is 0 Å². The number of carboxylic acid groups (broad SMARTS) is 1. The van der Waals surface area contributed by atoms with Crippen LogP contribution in [0.4, 0.5) is 4.79 Å². The summed E-state index contributed by atoms with van der Waals surface area (Å²) >= 11 is 0. The van der Waals surface area contributed by atoms with Gasteiger partial charge in [0.2, 0.25) is 5.91 Å². The van der Waals surface area contributed by atoms with Crippen molar-refractivity contribution in [3.05, 3.63) is 95.6 Å². The second-order valence-electron chi connectivity index (χ2n) is 11.9. The summed E-state index contributed by atoms with van der Waals surface area (Å²) in [7, 11) is 0. The van der Waals surface area contributed by atoms with Gasteiger partial charge in [0.25, 0.3) is 0 Å². The molecule has 0 unspecified atom stereocenters. The van der Waals surface area contributed by atoms with Crippen molar-refractivity contribution in [1.82, 2.24) is 15.5 Å². The molecule has 3 N–H and O–H groups in total. The molecule has 1 saturated heterocycles. The number of ether oxygens (including phenoxy) is 1. The number of piperidine rings is 1. The zero-order chi connectivity index (χ0) is 29.1. The summed E-state index contributed by atoms with van der Waals surface area (Å²) in [6, 6.07) is 26.6. The highest BCUT2D eigenvalue weighted by molar-refractivity contribution is 5.83. The molecule has 1 saturated carbocycles. The number of aliphatic carboxylic acids is 1. The van der Waals surface area contributed by atoms with Crippen molar-refractivity contribution in [2.45, 2.75) is 43.7 Å². The van der Waals surface area contributed by atoms with Crippen molar-refractivity contribution in [3.63, 3.8) is 0 Å². The van der Waals surface area contributed by atoms with Gasteiger partial charge in [-0.15, -0.1) is 0 Å². The summed E-state index contributed by atoms with van der Waals surface area (Å²) < 4.78 is 5.63. The van der Waals surface area contributed by atoms with Crippen molar-refractivity contribution in [2.24, 2.45) is 11.8 Å². The van der Waals surface area contributed by atoms with Crippen molar-refractivity contribution >= 4 is 18.0 Å². The summed E-state index contributed by atoms with van der Waals surface area (Å²) in [4.78, 5) is 39.8. The van der Waals surface area contributed by atoms with Gasteiger partial charge >= 0.3 is 12.1 Å². The van der Waals surface area contributed by atoms with E-state index in [1.54, 1.807) is 0 Å². The van der Waals surface area contributed by atoms with E-state index >= 15 is 0 Å². The lowest BCUT2D eigenvalue weighted by molar-refractivity contribution is -0.140. The van der Waals surface area contributed by atoms with Crippen LogP contribution in [0.15, 0.2) is 78.9 Å². The molecule has 0 spiro atoms. The second-order valence-corrected chi connectivity index (χ2v) is 11.9. The lowest BCUT2D eigenvalue weighted by Crippen LogP contribution is -2.56. The lowest BCUT2D eigenvalue weighted by Gasteiger charge is -2.41. The molecule has 0 aromatic heterocycles. The first kappa shape index (κ1) is 28.0. The Morgan fingerprint density at radius 2 is 1.50 bits per heavy atom. The number of amides is 2. The maximum absolute atomic E-state index is 13.2. The molecule has 218 valence electrons. The number of nitrogens with one attached hydrogen (secondary N) is 2. The fraction of sp³-hybridized carbons (Fsp3) is 0.382. The van der Waals surface area contributed by atoms with Crippen LogP contribution in [0.25, 0.3) is 11.1 Å². The molecule has 0 radical (unpaired) electrons. The van der Waals surface area contributed by atoms with Gasteiger partial charge < -0.3 is 20.5 Å². The number of carboxylic acids is 1. The first-order valence-electron chi connectivity index (χ1n) is 14.8. The zero-order valence-corrected chi connectivity index (χ0v) is 23.6. The molecule has 3 aromatic carbocycles. The molecular formula is C34H37N3O5. The molecule has 2 fully saturated rings. The Morgan fingerprint density at radius 1 is 0.881 bits per heavy atom. The van der Waals surface area contributed by atoms with Gasteiger partial charge in [0, 0.05) is 38.0 Å². The second kappa shape index (κ2) is 12.0. The SMILES string of the molecule is O=C(O)CC1(NC(=O)[C@H]2C[C@H]2CNC(=O)OCC2c3ccccc3-c3ccccc32)CCN(Cc2ccccc2)CC1. The normalized spacial score (nSPS) is 20.7. The number of hydrogen-bond donors (Lipinski definition) is 3. The third kappa shape index (κ3) is 6.19. The fourth-order valence-corrected chi connectivity index (χ4v) is 6.63. The minimum atomic E-state index is -0.906. The number of carbonyl (C=O) groups is 3. The standard InChI is InChI=1S/C34H37N3O5/c38-31(39)19-34(14-16-37(17-15-34)21-23-8-2-1-3-9-23)36-32(40)29-18-24(29)20-35-33(41)42-22-30-27-12-6-4-10-25(27)26-11-5-7-13-28(26)30/h1-13,24,29-30H,14-22H2,(H,35,41)(H,36,40)(H,38,39)/t24-,29-/m0/s1. The quantitative estimate of drug-likeness (QED) is 0.325. The van der Waals surface area contributed by atoms with Gasteiger partial charge in [0.1, 0.15) is 6.61 Å². The monoisotopic (exact) mass is 567 g/mol. The number of fused-ring (bicyclic) bond motifs is 3. The van der Waals surface area contributed by atoms with Crippen LogP contribution in [-0.2, 0) is 20.9 Å². The van der Waals surface area contributed by atoms with Crippen LogP contribution < -0.4 is 10.6 Å². The van der Waals surface area contributed by atoms with Gasteiger partial charge in [-0.3, -0.25) is 14.5 Å². The maximum Gasteiger partial charge on any atom is 0.407 e. The minimum absolute atomic E-state index is 0.00728. The van der Waals surface area contributed by atoms with Gasteiger partial charge in [-0.1, -0.05) is 78.9 Å². The fourth-order valence-electron chi connectivity index (χ4n) is 6.63. The van der Waals surface area contributed by atoms with Crippen LogP contribution >= 0.6 is 0 Å². The number of likely N-dealkylation sites (tertiary alicyclic amines) is 1. The lowest BCUT2D eigenvalue weighted by atomic mass is 9.83. The highest BCUT2D eigenvalue weighted by Gasteiger charge is 2.47. The predicted octanol–water partition coefficient (Wildman–Crippen LogP) is 4.79. The average Bonchev–Trinajstić information content (AvgIpc) is 3.71.